The number of nitriles is 1. The Morgan fingerprint density at radius 1 is 1.23 bits per heavy atom. The summed E-state index contributed by atoms with van der Waals surface area (Å²) in [6.45, 7) is 5.84. The number of Topliss-reactive ketones (excluding diaryl/α,β-unsaturated/α-hetero) is 1. The number of ether oxygens (including phenoxy) is 1. The molecular weight excluding hydrogens is 390 g/mol. The van der Waals surface area contributed by atoms with Crippen molar-refractivity contribution in [1.29, 1.82) is 5.26 Å². The zero-order valence-electron chi connectivity index (χ0n) is 18.8. The van der Waals surface area contributed by atoms with Crippen LogP contribution in [0.1, 0.15) is 64.4 Å². The van der Waals surface area contributed by atoms with Crippen LogP contribution >= 0.6 is 0 Å². The Bertz CT molecular complexity index is 887. The highest BCUT2D eigenvalue weighted by Crippen LogP contribution is 2.61. The third kappa shape index (κ3) is 3.64. The van der Waals surface area contributed by atoms with E-state index in [0.717, 1.165) is 44.1 Å². The van der Waals surface area contributed by atoms with Gasteiger partial charge >= 0.3 is 0 Å². The molecule has 1 aromatic rings. The highest BCUT2D eigenvalue weighted by atomic mass is 16.5. The van der Waals surface area contributed by atoms with Gasteiger partial charge in [-0.3, -0.25) is 9.48 Å². The van der Waals surface area contributed by atoms with Crippen molar-refractivity contribution < 1.29 is 14.6 Å². The first kappa shape index (κ1) is 21.2. The molecule has 1 aliphatic heterocycles. The first-order chi connectivity index (χ1) is 14.8. The van der Waals surface area contributed by atoms with Gasteiger partial charge in [-0.05, 0) is 86.9 Å². The lowest BCUT2D eigenvalue weighted by Crippen LogP contribution is -2.58. The van der Waals surface area contributed by atoms with Gasteiger partial charge in [0.05, 0.1) is 37.1 Å². The predicted octanol–water partition coefficient (Wildman–Crippen LogP) is 3.58. The van der Waals surface area contributed by atoms with Crippen molar-refractivity contribution in [3.05, 3.63) is 18.0 Å². The van der Waals surface area contributed by atoms with Crippen LogP contribution in [-0.4, -0.2) is 39.5 Å². The molecule has 1 saturated heterocycles. The van der Waals surface area contributed by atoms with Crippen LogP contribution in [0.25, 0.3) is 0 Å². The van der Waals surface area contributed by atoms with Gasteiger partial charge in [0, 0.05) is 12.1 Å². The van der Waals surface area contributed by atoms with E-state index in [1.165, 1.54) is 25.5 Å². The van der Waals surface area contributed by atoms with Crippen LogP contribution in [0.15, 0.2) is 12.4 Å². The standard InChI is InChI=1S/C25H35N3O3/c1-24(30)7-5-18-17(9-24)3-4-20-19(18)6-8-25(2)21(20)14-31-15-22(25)23(29)13-28-12-16(10-26)11-27-28/h11-12,17-22,30H,3-9,13-15H2,1-2H3/t17-,18+,19-,20-,21+,22-,24-,25+/m1/s1. The van der Waals surface area contributed by atoms with Crippen LogP contribution in [0, 0.1) is 52.3 Å². The van der Waals surface area contributed by atoms with Crippen molar-refractivity contribution in [2.75, 3.05) is 13.2 Å². The molecule has 0 aromatic carbocycles. The van der Waals surface area contributed by atoms with E-state index in [0.29, 0.717) is 29.9 Å². The maximum Gasteiger partial charge on any atom is 0.160 e. The second kappa shape index (κ2) is 7.71. The minimum Gasteiger partial charge on any atom is -0.390 e. The van der Waals surface area contributed by atoms with Crippen molar-refractivity contribution >= 4 is 5.78 Å². The molecule has 8 atom stereocenters. The van der Waals surface area contributed by atoms with E-state index in [2.05, 4.69) is 18.1 Å². The number of hydrogen-bond donors (Lipinski definition) is 1. The lowest BCUT2D eigenvalue weighted by atomic mass is 9.46. The third-order valence-electron chi connectivity index (χ3n) is 9.52. The summed E-state index contributed by atoms with van der Waals surface area (Å²) in [5, 5.41) is 23.8. The number of aromatic nitrogens is 2. The van der Waals surface area contributed by atoms with Gasteiger partial charge < -0.3 is 9.84 Å². The molecular formula is C25H35N3O3. The fraction of sp³-hybridized carbons (Fsp3) is 0.800. The Morgan fingerprint density at radius 3 is 2.81 bits per heavy atom. The molecule has 0 bridgehead atoms. The first-order valence-electron chi connectivity index (χ1n) is 12.1. The van der Waals surface area contributed by atoms with Crippen LogP contribution in [0.5, 0.6) is 0 Å². The average molecular weight is 426 g/mol. The number of fused-ring (bicyclic) bond motifs is 5. The summed E-state index contributed by atoms with van der Waals surface area (Å²) in [5.41, 5.74) is -0.0181. The molecule has 5 rings (SSSR count). The molecule has 0 amide bonds. The molecule has 1 N–H and O–H groups in total. The number of nitrogens with zero attached hydrogens (tertiary/aromatic N) is 3. The Balaban J connectivity index is 1.33. The van der Waals surface area contributed by atoms with E-state index in [1.54, 1.807) is 10.9 Å². The smallest absolute Gasteiger partial charge is 0.160 e. The summed E-state index contributed by atoms with van der Waals surface area (Å²) in [7, 11) is 0. The molecule has 0 radical (unpaired) electrons. The Labute approximate surface area is 185 Å². The molecule has 168 valence electrons. The molecule has 6 heteroatoms. The fourth-order valence-electron chi connectivity index (χ4n) is 7.92. The molecule has 0 unspecified atom stereocenters. The molecule has 4 fully saturated rings. The summed E-state index contributed by atoms with van der Waals surface area (Å²) in [4.78, 5) is 13.3. The lowest BCUT2D eigenvalue weighted by Gasteiger charge is -2.60. The summed E-state index contributed by atoms with van der Waals surface area (Å²) >= 11 is 0. The Hall–Kier alpha value is -1.71. The fourth-order valence-corrected chi connectivity index (χ4v) is 7.92. The van der Waals surface area contributed by atoms with E-state index in [4.69, 9.17) is 10.00 Å². The monoisotopic (exact) mass is 425 g/mol. The second-order valence-electron chi connectivity index (χ2n) is 11.3. The second-order valence-corrected chi connectivity index (χ2v) is 11.3. The summed E-state index contributed by atoms with van der Waals surface area (Å²) in [6.07, 6.45) is 10.9. The minimum absolute atomic E-state index is 0.0191. The van der Waals surface area contributed by atoms with E-state index in [9.17, 15) is 9.90 Å². The predicted molar refractivity (Wildman–Crippen MR) is 115 cm³/mol. The maximum atomic E-state index is 13.3. The summed E-state index contributed by atoms with van der Waals surface area (Å²) in [6, 6.07) is 2.08. The minimum atomic E-state index is -0.486. The van der Waals surface area contributed by atoms with E-state index >= 15 is 0 Å². The SMILES string of the molecule is C[C@@]1(O)CC[C@H]2[C@H](CC[C@@H]3[C@@H]2CC[C@]2(C)[C@@H](C(=O)Cn4cc(C#N)cn4)COC[C@@H]32)C1. The van der Waals surface area contributed by atoms with Gasteiger partial charge in [-0.2, -0.15) is 10.4 Å². The number of carbonyl (C=O) groups excluding carboxylic acids is 1. The van der Waals surface area contributed by atoms with Gasteiger partial charge in [-0.25, -0.2) is 0 Å². The van der Waals surface area contributed by atoms with Crippen molar-refractivity contribution in [1.82, 2.24) is 9.78 Å². The van der Waals surface area contributed by atoms with E-state index in [1.807, 2.05) is 6.92 Å². The third-order valence-corrected chi connectivity index (χ3v) is 9.52. The first-order valence-corrected chi connectivity index (χ1v) is 12.1. The topological polar surface area (TPSA) is 88.1 Å². The van der Waals surface area contributed by atoms with Crippen LogP contribution in [0.3, 0.4) is 0 Å². The summed E-state index contributed by atoms with van der Waals surface area (Å²) < 4.78 is 7.67. The van der Waals surface area contributed by atoms with Crippen LogP contribution in [0.4, 0.5) is 0 Å². The highest BCUT2D eigenvalue weighted by molar-refractivity contribution is 5.82. The quantitative estimate of drug-likeness (QED) is 0.800. The molecule has 31 heavy (non-hydrogen) atoms. The molecule has 0 spiro atoms. The molecule has 2 heterocycles. The molecule has 3 saturated carbocycles. The van der Waals surface area contributed by atoms with E-state index < -0.39 is 5.60 Å². The Kier molecular flexibility index (Phi) is 5.26. The van der Waals surface area contributed by atoms with Crippen LogP contribution in [0.2, 0.25) is 0 Å². The largest absolute Gasteiger partial charge is 0.390 e. The van der Waals surface area contributed by atoms with Crippen molar-refractivity contribution in [2.45, 2.75) is 70.9 Å². The van der Waals surface area contributed by atoms with Gasteiger partial charge in [0.2, 0.25) is 0 Å². The highest BCUT2D eigenvalue weighted by Gasteiger charge is 2.57. The average Bonchev–Trinajstić information content (AvgIpc) is 3.19. The van der Waals surface area contributed by atoms with Gasteiger partial charge in [0.15, 0.2) is 5.78 Å². The van der Waals surface area contributed by atoms with Gasteiger partial charge in [0.25, 0.3) is 0 Å². The number of hydrogen-bond acceptors (Lipinski definition) is 5. The van der Waals surface area contributed by atoms with E-state index in [-0.39, 0.29) is 23.7 Å². The molecule has 3 aliphatic carbocycles. The summed E-state index contributed by atoms with van der Waals surface area (Å²) in [5.74, 6) is 3.25. The van der Waals surface area contributed by atoms with Gasteiger partial charge in [0.1, 0.15) is 6.07 Å². The van der Waals surface area contributed by atoms with Gasteiger partial charge in [-0.15, -0.1) is 0 Å². The normalized spacial score (nSPS) is 44.5. The van der Waals surface area contributed by atoms with Crippen molar-refractivity contribution in [3.63, 3.8) is 0 Å². The zero-order chi connectivity index (χ0) is 21.8. The number of aliphatic hydroxyl groups is 1. The van der Waals surface area contributed by atoms with Crippen LogP contribution < -0.4 is 0 Å². The zero-order valence-corrected chi connectivity index (χ0v) is 18.8. The van der Waals surface area contributed by atoms with Gasteiger partial charge in [-0.1, -0.05) is 6.92 Å². The van der Waals surface area contributed by atoms with Crippen LogP contribution in [-0.2, 0) is 16.1 Å². The number of carbonyl (C=O) groups is 1. The lowest BCUT2D eigenvalue weighted by molar-refractivity contribution is -0.177. The molecule has 6 nitrogen and oxygen atoms in total. The van der Waals surface area contributed by atoms with Crippen molar-refractivity contribution in [2.24, 2.45) is 40.9 Å². The molecule has 1 aromatic heterocycles. The maximum absolute atomic E-state index is 13.3. The number of ketones is 1. The van der Waals surface area contributed by atoms with Crippen molar-refractivity contribution in [3.8, 4) is 6.07 Å². The molecule has 4 aliphatic rings. The Morgan fingerprint density at radius 2 is 2.03 bits per heavy atom. The number of rotatable bonds is 3.